The molecule has 0 radical (unpaired) electrons. The summed E-state index contributed by atoms with van der Waals surface area (Å²) in [4.78, 5) is 11.7. The molecule has 0 unspecified atom stereocenters. The fraction of sp³-hybridized carbons (Fsp3) is 0.0952. The van der Waals surface area contributed by atoms with Crippen molar-refractivity contribution in [2.75, 3.05) is 0 Å². The molecule has 1 heterocycles. The third-order valence-corrected chi connectivity index (χ3v) is 4.57. The van der Waals surface area contributed by atoms with Crippen LogP contribution < -0.4 is 9.99 Å². The van der Waals surface area contributed by atoms with Gasteiger partial charge < -0.3 is 0 Å². The van der Waals surface area contributed by atoms with Gasteiger partial charge in [0.05, 0.1) is 11.1 Å². The predicted molar refractivity (Wildman–Crippen MR) is 110 cm³/mol. The molecule has 2 N–H and O–H groups in total. The molecule has 0 saturated carbocycles. The highest BCUT2D eigenvalue weighted by Crippen LogP contribution is 2.08. The van der Waals surface area contributed by atoms with Gasteiger partial charge in [-0.15, -0.1) is 0 Å². The van der Waals surface area contributed by atoms with Gasteiger partial charge >= 0.3 is 0 Å². The number of hydrazone groups is 1. The third-order valence-electron chi connectivity index (χ3n) is 3.70. The first kappa shape index (κ1) is 21.9. The molecule has 150 valence electrons. The molecule has 0 bridgehead atoms. The van der Waals surface area contributed by atoms with Crippen LogP contribution in [0.1, 0.15) is 21.5 Å². The lowest BCUT2D eigenvalue weighted by Crippen LogP contribution is -2.29. The lowest BCUT2D eigenvalue weighted by atomic mass is 10.2. The summed E-state index contributed by atoms with van der Waals surface area (Å²) in [5.74, 6) is -0.224. The summed E-state index contributed by atoms with van der Waals surface area (Å²) in [6.45, 7) is 1.84. The Hall–Kier alpha value is -3.36. The van der Waals surface area contributed by atoms with Crippen LogP contribution in [-0.4, -0.2) is 25.1 Å². The van der Waals surface area contributed by atoms with Crippen molar-refractivity contribution in [2.45, 2.75) is 11.8 Å². The summed E-state index contributed by atoms with van der Waals surface area (Å²) in [5, 5.41) is 3.91. The van der Waals surface area contributed by atoms with Gasteiger partial charge in [-0.2, -0.15) is 13.5 Å². The number of rotatable bonds is 4. The summed E-state index contributed by atoms with van der Waals surface area (Å²) in [5.41, 5.74) is 4.96. The minimum Gasteiger partial charge on any atom is -0.282 e. The third kappa shape index (κ3) is 7.65. The molecular weight excluding hydrogens is 390 g/mol. The largest absolute Gasteiger partial charge is 0.294 e. The summed E-state index contributed by atoms with van der Waals surface area (Å²) in [7, 11) is -2.15. The number of nitrogens with one attached hydrogen (secondary N) is 1. The van der Waals surface area contributed by atoms with E-state index in [1.807, 2.05) is 61.1 Å². The van der Waals surface area contributed by atoms with Gasteiger partial charge in [-0.05, 0) is 30.7 Å². The molecule has 1 amide bonds. The first-order valence-corrected chi connectivity index (χ1v) is 10.1. The summed E-state index contributed by atoms with van der Waals surface area (Å²) < 4.78 is 31.4. The van der Waals surface area contributed by atoms with E-state index in [0.29, 0.717) is 5.56 Å². The molecule has 3 aromatic rings. The molecule has 0 aliphatic carbocycles. The number of hydrogen-bond donors (Lipinski definition) is 2. The van der Waals surface area contributed by atoms with Crippen molar-refractivity contribution in [3.8, 4) is 0 Å². The fourth-order valence-electron chi connectivity index (χ4n) is 2.20. The van der Waals surface area contributed by atoms with Gasteiger partial charge in [0.1, 0.15) is 12.6 Å². The number of carbonyl (C=O) groups is 1. The van der Waals surface area contributed by atoms with Crippen molar-refractivity contribution < 1.29 is 22.3 Å². The maximum absolute atomic E-state index is 11.7. The van der Waals surface area contributed by atoms with Crippen molar-refractivity contribution in [3.05, 3.63) is 95.8 Å². The molecule has 0 aliphatic rings. The van der Waals surface area contributed by atoms with Crippen LogP contribution >= 0.6 is 0 Å². The number of pyridine rings is 1. The number of aromatic nitrogens is 1. The number of carbonyl (C=O) groups excluding carboxylic acids is 1. The van der Waals surface area contributed by atoms with E-state index in [9.17, 15) is 13.2 Å². The monoisotopic (exact) mass is 412 g/mol. The Morgan fingerprint density at radius 2 is 1.69 bits per heavy atom. The molecule has 0 atom stereocenters. The molecule has 0 aliphatic heterocycles. The zero-order valence-electron chi connectivity index (χ0n) is 16.1. The second kappa shape index (κ2) is 10.3. The number of nitrogens with zero attached hydrogens (tertiary/aromatic N) is 2. The summed E-state index contributed by atoms with van der Waals surface area (Å²) >= 11 is 0. The minimum absolute atomic E-state index is 0.0666. The number of benzene rings is 2. The number of amides is 1. The Bertz CT molecular complexity index is 1080. The highest BCUT2D eigenvalue weighted by molar-refractivity contribution is 7.85. The van der Waals surface area contributed by atoms with Crippen molar-refractivity contribution >= 4 is 22.2 Å². The second-order valence-corrected chi connectivity index (χ2v) is 7.58. The Balaban J connectivity index is 0.000000234. The van der Waals surface area contributed by atoms with Crippen molar-refractivity contribution in [1.82, 2.24) is 5.43 Å². The average Bonchev–Trinajstić information content (AvgIpc) is 2.69. The zero-order chi connectivity index (χ0) is 21.3. The quantitative estimate of drug-likeness (QED) is 0.298. The first-order valence-electron chi connectivity index (χ1n) is 8.63. The normalized spacial score (nSPS) is 10.9. The molecule has 3 rings (SSSR count). The fourth-order valence-corrected chi connectivity index (χ4v) is 2.68. The van der Waals surface area contributed by atoms with Crippen LogP contribution in [0, 0.1) is 6.92 Å². The van der Waals surface area contributed by atoms with Gasteiger partial charge in [-0.1, -0.05) is 48.0 Å². The number of aryl methyl sites for hydroxylation is 2. The Kier molecular flexibility index (Phi) is 7.76. The van der Waals surface area contributed by atoms with E-state index in [1.54, 1.807) is 30.6 Å². The van der Waals surface area contributed by atoms with Crippen molar-refractivity contribution in [2.24, 2.45) is 12.1 Å². The molecule has 29 heavy (non-hydrogen) atoms. The van der Waals surface area contributed by atoms with E-state index in [0.717, 1.165) is 11.1 Å². The van der Waals surface area contributed by atoms with Gasteiger partial charge in [0.2, 0.25) is 0 Å². The SMILES string of the molecule is C[n+]1cccc(C(=O)N/N=C/c2ccccc2)c1.Cc1ccc(S(=O)(=O)O)cc1. The van der Waals surface area contributed by atoms with Crippen LogP contribution in [0.4, 0.5) is 0 Å². The summed E-state index contributed by atoms with van der Waals surface area (Å²) in [6.07, 6.45) is 5.22. The Morgan fingerprint density at radius 3 is 2.28 bits per heavy atom. The van der Waals surface area contributed by atoms with E-state index < -0.39 is 10.1 Å². The molecule has 7 nitrogen and oxygen atoms in total. The van der Waals surface area contributed by atoms with Crippen molar-refractivity contribution in [3.63, 3.8) is 0 Å². The number of hydrogen-bond acceptors (Lipinski definition) is 4. The van der Waals surface area contributed by atoms with Crippen LogP contribution in [-0.2, 0) is 17.2 Å². The Morgan fingerprint density at radius 1 is 1.03 bits per heavy atom. The maximum Gasteiger partial charge on any atom is 0.294 e. The van der Waals surface area contributed by atoms with Gasteiger partial charge in [0.25, 0.3) is 16.0 Å². The lowest BCUT2D eigenvalue weighted by Gasteiger charge is -1.97. The van der Waals surface area contributed by atoms with Gasteiger partial charge in [0.15, 0.2) is 12.4 Å². The predicted octanol–water partition coefficient (Wildman–Crippen LogP) is 2.52. The maximum atomic E-state index is 11.7. The zero-order valence-corrected chi connectivity index (χ0v) is 16.9. The van der Waals surface area contributed by atoms with Crippen molar-refractivity contribution in [1.29, 1.82) is 0 Å². The van der Waals surface area contributed by atoms with Crippen LogP contribution in [0.2, 0.25) is 0 Å². The van der Waals surface area contributed by atoms with Crippen LogP contribution in [0.25, 0.3) is 0 Å². The molecule has 8 heteroatoms. The lowest BCUT2D eigenvalue weighted by molar-refractivity contribution is -0.671. The van der Waals surface area contributed by atoms with Crippen LogP contribution in [0.5, 0.6) is 0 Å². The molecule has 0 spiro atoms. The molecule has 2 aromatic carbocycles. The molecule has 1 aromatic heterocycles. The van der Waals surface area contributed by atoms with Crippen LogP contribution in [0.15, 0.2) is 89.1 Å². The van der Waals surface area contributed by atoms with E-state index in [-0.39, 0.29) is 10.8 Å². The average molecular weight is 412 g/mol. The molecular formula is C21H22N3O4S+. The topological polar surface area (TPSA) is 99.7 Å². The highest BCUT2D eigenvalue weighted by Gasteiger charge is 2.07. The van der Waals surface area contributed by atoms with E-state index >= 15 is 0 Å². The molecule has 0 fully saturated rings. The first-order chi connectivity index (χ1) is 13.8. The van der Waals surface area contributed by atoms with Crippen LogP contribution in [0.3, 0.4) is 0 Å². The van der Waals surface area contributed by atoms with Gasteiger partial charge in [-0.3, -0.25) is 9.35 Å². The standard InChI is InChI=1S/C14H13N3O.C7H8O3S/c1-17-9-5-8-13(11-17)14(18)16-15-10-12-6-3-2-4-7-12;1-6-2-4-7(5-3-6)11(8,9)10/h2-11H,1H3;2-5H,1H3,(H,8,9,10)/p+1/b15-10+;. The van der Waals surface area contributed by atoms with E-state index in [2.05, 4.69) is 10.5 Å². The second-order valence-electron chi connectivity index (χ2n) is 6.16. The highest BCUT2D eigenvalue weighted by atomic mass is 32.2. The van der Waals surface area contributed by atoms with E-state index in [1.165, 1.54) is 12.1 Å². The smallest absolute Gasteiger partial charge is 0.282 e. The van der Waals surface area contributed by atoms with Gasteiger partial charge in [-0.25, -0.2) is 9.99 Å². The Labute approximate surface area is 170 Å². The summed E-state index contributed by atoms with van der Waals surface area (Å²) in [6, 6.07) is 19.1. The molecule has 0 saturated heterocycles. The van der Waals surface area contributed by atoms with E-state index in [4.69, 9.17) is 4.55 Å². The van der Waals surface area contributed by atoms with Gasteiger partial charge in [0, 0.05) is 6.07 Å². The minimum atomic E-state index is -4.02.